The monoisotopic (exact) mass is 250 g/mol. The summed E-state index contributed by atoms with van der Waals surface area (Å²) in [5, 5.41) is 9.24. The number of ketones is 1. The maximum Gasteiger partial charge on any atom is 0.184 e. The molecule has 1 unspecified atom stereocenters. The second kappa shape index (κ2) is 5.45. The molecule has 0 radical (unpaired) electrons. The second-order valence-electron chi connectivity index (χ2n) is 4.51. The van der Waals surface area contributed by atoms with E-state index in [0.717, 1.165) is 11.1 Å². The molecule has 2 aromatic rings. The summed E-state index contributed by atoms with van der Waals surface area (Å²) in [6, 6.07) is 11.0. The normalized spacial score (nSPS) is 11.6. The Labute approximate surface area is 112 Å². The van der Waals surface area contributed by atoms with Gasteiger partial charge in [-0.3, -0.25) is 9.78 Å². The van der Waals surface area contributed by atoms with Crippen molar-refractivity contribution in [1.29, 1.82) is 5.26 Å². The molecule has 1 aromatic carbocycles. The van der Waals surface area contributed by atoms with Crippen LogP contribution in [-0.2, 0) is 0 Å². The molecule has 1 aromatic heterocycles. The topological polar surface area (TPSA) is 53.8 Å². The lowest BCUT2D eigenvalue weighted by Crippen LogP contribution is -2.11. The van der Waals surface area contributed by atoms with Gasteiger partial charge in [-0.25, -0.2) is 0 Å². The minimum atomic E-state index is -0.796. The van der Waals surface area contributed by atoms with E-state index in [1.165, 1.54) is 0 Å². The van der Waals surface area contributed by atoms with Crippen LogP contribution in [0.1, 0.15) is 33.0 Å². The van der Waals surface area contributed by atoms with Gasteiger partial charge in [0.15, 0.2) is 5.78 Å². The zero-order chi connectivity index (χ0) is 13.8. The quantitative estimate of drug-likeness (QED) is 0.786. The van der Waals surface area contributed by atoms with Crippen LogP contribution in [0.15, 0.2) is 42.7 Å². The molecule has 0 spiro atoms. The van der Waals surface area contributed by atoms with Gasteiger partial charge in [0.1, 0.15) is 5.92 Å². The fraction of sp³-hybridized carbons (Fsp3) is 0.188. The first-order valence-corrected chi connectivity index (χ1v) is 6.04. The number of hydrogen-bond donors (Lipinski definition) is 0. The largest absolute Gasteiger partial charge is 0.292 e. The number of Topliss-reactive ketones (excluding diaryl/α,β-unsaturated/α-hetero) is 1. The smallest absolute Gasteiger partial charge is 0.184 e. The Morgan fingerprint density at radius 3 is 2.63 bits per heavy atom. The molecular weight excluding hydrogens is 236 g/mol. The number of pyridine rings is 1. The molecule has 0 amide bonds. The molecule has 0 saturated carbocycles. The molecule has 19 heavy (non-hydrogen) atoms. The van der Waals surface area contributed by atoms with Crippen LogP contribution in [0.3, 0.4) is 0 Å². The van der Waals surface area contributed by atoms with Crippen molar-refractivity contribution in [2.24, 2.45) is 0 Å². The van der Waals surface area contributed by atoms with Crippen molar-refractivity contribution in [2.75, 3.05) is 0 Å². The molecule has 0 aliphatic carbocycles. The summed E-state index contributed by atoms with van der Waals surface area (Å²) in [7, 11) is 0. The molecule has 0 aliphatic rings. The van der Waals surface area contributed by atoms with Crippen LogP contribution in [0.25, 0.3) is 0 Å². The van der Waals surface area contributed by atoms with Crippen LogP contribution < -0.4 is 0 Å². The Kier molecular flexibility index (Phi) is 3.72. The molecule has 3 nitrogen and oxygen atoms in total. The van der Waals surface area contributed by atoms with Crippen molar-refractivity contribution in [3.63, 3.8) is 0 Å². The van der Waals surface area contributed by atoms with E-state index >= 15 is 0 Å². The number of nitriles is 1. The summed E-state index contributed by atoms with van der Waals surface area (Å²) < 4.78 is 0. The van der Waals surface area contributed by atoms with Crippen LogP contribution in [0.2, 0.25) is 0 Å². The molecule has 2 rings (SSSR count). The van der Waals surface area contributed by atoms with Crippen molar-refractivity contribution < 1.29 is 4.79 Å². The minimum Gasteiger partial charge on any atom is -0.292 e. The van der Waals surface area contributed by atoms with E-state index in [9.17, 15) is 10.1 Å². The van der Waals surface area contributed by atoms with E-state index in [0.29, 0.717) is 11.1 Å². The third-order valence-corrected chi connectivity index (χ3v) is 3.20. The highest BCUT2D eigenvalue weighted by atomic mass is 16.1. The maximum absolute atomic E-state index is 12.4. The first-order valence-electron chi connectivity index (χ1n) is 6.04. The minimum absolute atomic E-state index is 0.182. The molecule has 0 bridgehead atoms. The fourth-order valence-electron chi connectivity index (χ4n) is 1.89. The third-order valence-electron chi connectivity index (χ3n) is 3.20. The van der Waals surface area contributed by atoms with Gasteiger partial charge < -0.3 is 0 Å². The highest BCUT2D eigenvalue weighted by Crippen LogP contribution is 2.21. The summed E-state index contributed by atoms with van der Waals surface area (Å²) in [6.45, 7) is 3.95. The number of nitrogens with zero attached hydrogens (tertiary/aromatic N) is 2. The average molecular weight is 250 g/mol. The van der Waals surface area contributed by atoms with Crippen LogP contribution in [0.5, 0.6) is 0 Å². The number of hydrogen-bond acceptors (Lipinski definition) is 3. The van der Waals surface area contributed by atoms with E-state index in [1.54, 1.807) is 30.6 Å². The molecule has 3 heteroatoms. The van der Waals surface area contributed by atoms with Crippen molar-refractivity contribution in [1.82, 2.24) is 4.98 Å². The molecule has 0 aliphatic heterocycles. The van der Waals surface area contributed by atoms with E-state index in [-0.39, 0.29) is 5.78 Å². The Morgan fingerprint density at radius 2 is 2.05 bits per heavy atom. The summed E-state index contributed by atoms with van der Waals surface area (Å²) >= 11 is 0. The molecule has 0 fully saturated rings. The van der Waals surface area contributed by atoms with Crippen molar-refractivity contribution in [3.05, 3.63) is 65.0 Å². The highest BCUT2D eigenvalue weighted by Gasteiger charge is 2.22. The number of carbonyl (C=O) groups is 1. The number of aryl methyl sites for hydroxylation is 2. The number of carbonyl (C=O) groups excluding carboxylic acids is 1. The number of benzene rings is 1. The van der Waals surface area contributed by atoms with Gasteiger partial charge >= 0.3 is 0 Å². The van der Waals surface area contributed by atoms with Crippen molar-refractivity contribution in [3.8, 4) is 6.07 Å². The Hall–Kier alpha value is -2.47. The third kappa shape index (κ3) is 2.69. The highest BCUT2D eigenvalue weighted by molar-refractivity contribution is 6.02. The van der Waals surface area contributed by atoms with E-state index in [4.69, 9.17) is 0 Å². The lowest BCUT2D eigenvalue weighted by Gasteiger charge is -2.09. The van der Waals surface area contributed by atoms with E-state index < -0.39 is 5.92 Å². The Balaban J connectivity index is 2.37. The first kappa shape index (κ1) is 13.0. The Bertz CT molecular complexity index is 642. The zero-order valence-corrected chi connectivity index (χ0v) is 10.9. The first-order chi connectivity index (χ1) is 9.13. The van der Waals surface area contributed by atoms with Gasteiger partial charge in [0.2, 0.25) is 0 Å². The predicted molar refractivity (Wildman–Crippen MR) is 72.8 cm³/mol. The maximum atomic E-state index is 12.4. The van der Waals surface area contributed by atoms with Gasteiger partial charge in [-0.2, -0.15) is 5.26 Å². The Morgan fingerprint density at radius 1 is 1.26 bits per heavy atom. The van der Waals surface area contributed by atoms with Gasteiger partial charge in [-0.15, -0.1) is 0 Å². The van der Waals surface area contributed by atoms with Gasteiger partial charge in [0, 0.05) is 18.0 Å². The SMILES string of the molecule is Cc1ccc(C(=O)C(C#N)c2cccnc2)cc1C. The summed E-state index contributed by atoms with van der Waals surface area (Å²) in [5.74, 6) is -0.977. The molecule has 0 saturated heterocycles. The summed E-state index contributed by atoms with van der Waals surface area (Å²) in [6.07, 6.45) is 3.19. The number of aromatic nitrogens is 1. The van der Waals surface area contributed by atoms with E-state index in [2.05, 4.69) is 11.1 Å². The lowest BCUT2D eigenvalue weighted by molar-refractivity contribution is 0.0978. The molecular formula is C16H14N2O. The summed E-state index contributed by atoms with van der Waals surface area (Å²) in [5.41, 5.74) is 3.38. The second-order valence-corrected chi connectivity index (χ2v) is 4.51. The van der Waals surface area contributed by atoms with Gasteiger partial charge in [-0.05, 0) is 42.7 Å². The molecule has 1 atom stereocenters. The molecule has 0 N–H and O–H groups in total. The standard InChI is InChI=1S/C16H14N2O/c1-11-5-6-13(8-12(11)2)16(19)15(9-17)14-4-3-7-18-10-14/h3-8,10,15H,1-2H3. The van der Waals surface area contributed by atoms with Gasteiger partial charge in [-0.1, -0.05) is 18.2 Å². The van der Waals surface area contributed by atoms with Crippen molar-refractivity contribution >= 4 is 5.78 Å². The van der Waals surface area contributed by atoms with Gasteiger partial charge in [0.05, 0.1) is 6.07 Å². The van der Waals surface area contributed by atoms with E-state index in [1.807, 2.05) is 26.0 Å². The summed E-state index contributed by atoms with van der Waals surface area (Å²) in [4.78, 5) is 16.3. The van der Waals surface area contributed by atoms with Crippen LogP contribution >= 0.6 is 0 Å². The fourth-order valence-corrected chi connectivity index (χ4v) is 1.89. The van der Waals surface area contributed by atoms with Crippen LogP contribution in [0, 0.1) is 25.2 Å². The lowest BCUT2D eigenvalue weighted by atomic mass is 9.91. The average Bonchev–Trinajstić information content (AvgIpc) is 2.44. The predicted octanol–water partition coefficient (Wildman–Crippen LogP) is 3.19. The van der Waals surface area contributed by atoms with Gasteiger partial charge in [0.25, 0.3) is 0 Å². The zero-order valence-electron chi connectivity index (χ0n) is 10.9. The molecule has 1 heterocycles. The van der Waals surface area contributed by atoms with Crippen LogP contribution in [-0.4, -0.2) is 10.8 Å². The number of rotatable bonds is 3. The molecule has 94 valence electrons. The van der Waals surface area contributed by atoms with Crippen LogP contribution in [0.4, 0.5) is 0 Å². The van der Waals surface area contributed by atoms with Crippen molar-refractivity contribution in [2.45, 2.75) is 19.8 Å².